The lowest BCUT2D eigenvalue weighted by Gasteiger charge is -2.25. The third kappa shape index (κ3) is 2.70. The average molecular weight is 247 g/mol. The summed E-state index contributed by atoms with van der Waals surface area (Å²) in [5, 5.41) is 12.6. The van der Waals surface area contributed by atoms with Crippen molar-refractivity contribution in [2.75, 3.05) is 19.8 Å². The van der Waals surface area contributed by atoms with Crippen LogP contribution >= 0.6 is 0 Å². The molecule has 0 unspecified atom stereocenters. The van der Waals surface area contributed by atoms with Gasteiger partial charge in [0.25, 0.3) is 0 Å². The fourth-order valence-corrected chi connectivity index (χ4v) is 1.78. The molecule has 2 N–H and O–H groups in total. The third-order valence-corrected chi connectivity index (χ3v) is 2.65. The van der Waals surface area contributed by atoms with E-state index < -0.39 is 17.8 Å². The first-order valence-electron chi connectivity index (χ1n) is 5.20. The van der Waals surface area contributed by atoms with Gasteiger partial charge in [-0.1, -0.05) is 0 Å². The summed E-state index contributed by atoms with van der Waals surface area (Å²) in [4.78, 5) is 0. The predicted octanol–water partition coefficient (Wildman–Crippen LogP) is 2.07. The van der Waals surface area contributed by atoms with Gasteiger partial charge in [0.15, 0.2) is 0 Å². The summed E-state index contributed by atoms with van der Waals surface area (Å²) in [5.41, 5.74) is -0.544. The van der Waals surface area contributed by atoms with Crippen LogP contribution in [0.4, 0.5) is 13.2 Å². The Kier molecular flexibility index (Phi) is 3.26. The molecule has 1 fully saturated rings. The lowest BCUT2D eigenvalue weighted by Crippen LogP contribution is -2.34. The minimum absolute atomic E-state index is 0.152. The van der Waals surface area contributed by atoms with Gasteiger partial charge in [-0.05, 0) is 18.2 Å². The van der Waals surface area contributed by atoms with Gasteiger partial charge in [0, 0.05) is 12.1 Å². The van der Waals surface area contributed by atoms with Crippen LogP contribution in [0, 0.1) is 0 Å². The second-order valence-corrected chi connectivity index (χ2v) is 3.85. The summed E-state index contributed by atoms with van der Waals surface area (Å²) < 4.78 is 42.8. The van der Waals surface area contributed by atoms with Crippen LogP contribution in [0.15, 0.2) is 18.2 Å². The largest absolute Gasteiger partial charge is 0.508 e. The van der Waals surface area contributed by atoms with E-state index in [4.69, 9.17) is 4.74 Å². The average Bonchev–Trinajstić information content (AvgIpc) is 2.29. The summed E-state index contributed by atoms with van der Waals surface area (Å²) in [5.74, 6) is -0.152. The number of ether oxygens (including phenoxy) is 1. The van der Waals surface area contributed by atoms with Gasteiger partial charge in [0.1, 0.15) is 5.75 Å². The molecule has 1 heterocycles. The van der Waals surface area contributed by atoms with Crippen LogP contribution in [-0.4, -0.2) is 24.9 Å². The predicted molar refractivity (Wildman–Crippen MR) is 54.7 cm³/mol. The molecule has 1 aliphatic heterocycles. The van der Waals surface area contributed by atoms with Crippen LogP contribution in [0.5, 0.6) is 5.75 Å². The topological polar surface area (TPSA) is 41.5 Å². The molecule has 1 aromatic rings. The number of nitrogens with one attached hydrogen (secondary N) is 1. The van der Waals surface area contributed by atoms with E-state index in [1.807, 2.05) is 0 Å². The number of alkyl halides is 3. The highest BCUT2D eigenvalue weighted by molar-refractivity contribution is 5.39. The molecule has 1 atom stereocenters. The molecule has 0 radical (unpaired) electrons. The molecule has 6 heteroatoms. The zero-order chi connectivity index (χ0) is 12.5. The van der Waals surface area contributed by atoms with Gasteiger partial charge in [0.2, 0.25) is 0 Å². The Labute approximate surface area is 96.2 Å². The van der Waals surface area contributed by atoms with E-state index in [1.54, 1.807) is 0 Å². The van der Waals surface area contributed by atoms with Crippen LogP contribution < -0.4 is 5.32 Å². The van der Waals surface area contributed by atoms with E-state index in [1.165, 1.54) is 0 Å². The summed E-state index contributed by atoms with van der Waals surface area (Å²) in [6, 6.07) is 2.49. The highest BCUT2D eigenvalue weighted by Gasteiger charge is 2.32. The molecule has 2 rings (SSSR count). The quantitative estimate of drug-likeness (QED) is 0.798. The van der Waals surface area contributed by atoms with E-state index >= 15 is 0 Å². The van der Waals surface area contributed by atoms with Crippen molar-refractivity contribution < 1.29 is 23.0 Å². The number of aromatic hydroxyl groups is 1. The number of halogens is 3. The first-order valence-corrected chi connectivity index (χ1v) is 5.20. The van der Waals surface area contributed by atoms with Crippen molar-refractivity contribution in [2.24, 2.45) is 0 Å². The molecule has 0 spiro atoms. The molecule has 0 aliphatic carbocycles. The molecule has 0 bridgehead atoms. The second-order valence-electron chi connectivity index (χ2n) is 3.85. The summed E-state index contributed by atoms with van der Waals surface area (Å²) >= 11 is 0. The monoisotopic (exact) mass is 247 g/mol. The van der Waals surface area contributed by atoms with Crippen molar-refractivity contribution in [1.82, 2.24) is 5.32 Å². The number of rotatable bonds is 1. The number of morpholine rings is 1. The Balaban J connectivity index is 2.31. The van der Waals surface area contributed by atoms with Gasteiger partial charge < -0.3 is 15.2 Å². The van der Waals surface area contributed by atoms with Gasteiger partial charge in [-0.25, -0.2) is 0 Å². The zero-order valence-corrected chi connectivity index (χ0v) is 8.92. The summed E-state index contributed by atoms with van der Waals surface area (Å²) in [6.45, 7) is 1.34. The molecule has 3 nitrogen and oxygen atoms in total. The van der Waals surface area contributed by atoms with E-state index in [0.717, 1.165) is 18.2 Å². The number of benzene rings is 1. The molecule has 1 aliphatic rings. The van der Waals surface area contributed by atoms with Crippen molar-refractivity contribution >= 4 is 0 Å². The summed E-state index contributed by atoms with van der Waals surface area (Å²) in [6.07, 6.45) is -4.40. The maximum absolute atomic E-state index is 12.5. The van der Waals surface area contributed by atoms with Gasteiger partial charge >= 0.3 is 6.18 Å². The number of phenols is 1. The maximum Gasteiger partial charge on any atom is 0.416 e. The fourth-order valence-electron chi connectivity index (χ4n) is 1.78. The lowest BCUT2D eigenvalue weighted by atomic mass is 10.0. The molecular formula is C11H12F3NO2. The van der Waals surface area contributed by atoms with Gasteiger partial charge in [0.05, 0.1) is 24.8 Å². The third-order valence-electron chi connectivity index (χ3n) is 2.65. The van der Waals surface area contributed by atoms with Crippen molar-refractivity contribution in [3.8, 4) is 5.75 Å². The minimum Gasteiger partial charge on any atom is -0.508 e. The number of phenolic OH excluding ortho intramolecular Hbond substituents is 1. The molecule has 17 heavy (non-hydrogen) atoms. The lowest BCUT2D eigenvalue weighted by molar-refractivity contribution is -0.137. The Morgan fingerprint density at radius 2 is 2.12 bits per heavy atom. The standard InChI is InChI=1S/C11H12F3NO2/c12-11(13,14)7-1-2-10(16)8(5-7)9-6-17-4-3-15-9/h1-2,5,9,15-16H,3-4,6H2/t9-/m1/s1. The van der Waals surface area contributed by atoms with Crippen molar-refractivity contribution in [2.45, 2.75) is 12.2 Å². The Hall–Kier alpha value is -1.27. The van der Waals surface area contributed by atoms with E-state index in [-0.39, 0.29) is 17.9 Å². The molecule has 1 aromatic carbocycles. The Morgan fingerprint density at radius 3 is 2.71 bits per heavy atom. The molecule has 1 saturated heterocycles. The van der Waals surface area contributed by atoms with Crippen LogP contribution in [-0.2, 0) is 10.9 Å². The first kappa shape index (κ1) is 12.2. The zero-order valence-electron chi connectivity index (χ0n) is 8.92. The van der Waals surface area contributed by atoms with Crippen molar-refractivity contribution in [1.29, 1.82) is 0 Å². The van der Waals surface area contributed by atoms with Crippen LogP contribution in [0.25, 0.3) is 0 Å². The normalized spacial score (nSPS) is 21.5. The highest BCUT2D eigenvalue weighted by Crippen LogP contribution is 2.34. The maximum atomic E-state index is 12.5. The fraction of sp³-hybridized carbons (Fsp3) is 0.455. The van der Waals surface area contributed by atoms with Crippen molar-refractivity contribution in [3.05, 3.63) is 29.3 Å². The minimum atomic E-state index is -4.40. The SMILES string of the molecule is Oc1ccc(C(F)(F)F)cc1[C@H]1COCCN1. The smallest absolute Gasteiger partial charge is 0.416 e. The van der Waals surface area contributed by atoms with Crippen molar-refractivity contribution in [3.63, 3.8) is 0 Å². The molecule has 94 valence electrons. The second kappa shape index (κ2) is 4.54. The molecule has 0 aromatic heterocycles. The number of hydrogen-bond acceptors (Lipinski definition) is 3. The summed E-state index contributed by atoms with van der Waals surface area (Å²) in [7, 11) is 0. The Morgan fingerprint density at radius 1 is 1.35 bits per heavy atom. The molecular weight excluding hydrogens is 235 g/mol. The van der Waals surface area contributed by atoms with Gasteiger partial charge in [-0.2, -0.15) is 13.2 Å². The Bertz CT molecular complexity index is 400. The molecule has 0 amide bonds. The van der Waals surface area contributed by atoms with Crippen LogP contribution in [0.2, 0.25) is 0 Å². The van der Waals surface area contributed by atoms with Crippen LogP contribution in [0.1, 0.15) is 17.2 Å². The number of hydrogen-bond donors (Lipinski definition) is 2. The highest BCUT2D eigenvalue weighted by atomic mass is 19.4. The van der Waals surface area contributed by atoms with Gasteiger partial charge in [-0.3, -0.25) is 0 Å². The van der Waals surface area contributed by atoms with Crippen LogP contribution in [0.3, 0.4) is 0 Å². The van der Waals surface area contributed by atoms with E-state index in [9.17, 15) is 18.3 Å². The van der Waals surface area contributed by atoms with E-state index in [0.29, 0.717) is 13.2 Å². The molecule has 0 saturated carbocycles. The van der Waals surface area contributed by atoms with E-state index in [2.05, 4.69) is 5.32 Å². The first-order chi connectivity index (χ1) is 7.98. The van der Waals surface area contributed by atoms with Gasteiger partial charge in [-0.15, -0.1) is 0 Å².